The van der Waals surface area contributed by atoms with E-state index < -0.39 is 5.97 Å². The molecule has 0 saturated heterocycles. The Morgan fingerprint density at radius 3 is 2.86 bits per heavy atom. The van der Waals surface area contributed by atoms with E-state index in [9.17, 15) is 9.59 Å². The van der Waals surface area contributed by atoms with Crippen LogP contribution in [-0.4, -0.2) is 27.0 Å². The summed E-state index contributed by atoms with van der Waals surface area (Å²) in [6.45, 7) is 1.83. The molecule has 0 saturated carbocycles. The fraction of sp³-hybridized carbons (Fsp3) is 0.286. The first kappa shape index (κ1) is 15.1. The van der Waals surface area contributed by atoms with Gasteiger partial charge in [0, 0.05) is 11.1 Å². The molecular weight excluding hydrogens is 290 g/mol. The third kappa shape index (κ3) is 4.64. The maximum atomic E-state index is 11.9. The number of nitrogens with zero attached hydrogens (tertiary/aromatic N) is 2. The zero-order chi connectivity index (χ0) is 15.2. The van der Waals surface area contributed by atoms with Gasteiger partial charge in [0.15, 0.2) is 0 Å². The number of aliphatic carboxylic acids is 1. The molecular formula is C14H15N3O3S. The summed E-state index contributed by atoms with van der Waals surface area (Å²) < 4.78 is 0. The predicted octanol–water partition coefficient (Wildman–Crippen LogP) is 2.04. The van der Waals surface area contributed by atoms with Crippen molar-refractivity contribution in [1.82, 2.24) is 9.97 Å². The molecule has 0 aliphatic heterocycles. The van der Waals surface area contributed by atoms with Crippen LogP contribution in [-0.2, 0) is 22.4 Å². The number of carboxylic acid groups (broad SMARTS) is 1. The average Bonchev–Trinajstić information content (AvgIpc) is 2.77. The highest BCUT2D eigenvalue weighted by Crippen LogP contribution is 2.20. The molecule has 0 bridgehead atoms. The van der Waals surface area contributed by atoms with Crippen LogP contribution in [0.4, 0.5) is 5.82 Å². The lowest BCUT2D eigenvalue weighted by atomic mass is 10.2. The van der Waals surface area contributed by atoms with Crippen LogP contribution in [0.5, 0.6) is 0 Å². The van der Waals surface area contributed by atoms with Gasteiger partial charge in [0.1, 0.15) is 10.8 Å². The van der Waals surface area contributed by atoms with E-state index in [0.717, 1.165) is 10.6 Å². The molecule has 0 spiro atoms. The Balaban J connectivity index is 1.95. The molecule has 0 unspecified atom stereocenters. The molecule has 2 heterocycles. The first-order valence-electron chi connectivity index (χ1n) is 6.42. The summed E-state index contributed by atoms with van der Waals surface area (Å²) in [5, 5.41) is 12.1. The largest absolute Gasteiger partial charge is 0.481 e. The van der Waals surface area contributed by atoms with E-state index in [1.807, 2.05) is 6.92 Å². The molecule has 0 atom stereocenters. The van der Waals surface area contributed by atoms with Crippen molar-refractivity contribution in [2.24, 2.45) is 0 Å². The molecule has 2 rings (SSSR count). The van der Waals surface area contributed by atoms with E-state index in [1.165, 1.54) is 11.3 Å². The van der Waals surface area contributed by atoms with Crippen LogP contribution in [0.1, 0.15) is 22.0 Å². The van der Waals surface area contributed by atoms with Crippen LogP contribution >= 0.6 is 11.3 Å². The van der Waals surface area contributed by atoms with Crippen molar-refractivity contribution in [3.05, 3.63) is 40.0 Å². The summed E-state index contributed by atoms with van der Waals surface area (Å²) in [5.74, 6) is -0.522. The number of anilines is 1. The van der Waals surface area contributed by atoms with Crippen molar-refractivity contribution in [3.63, 3.8) is 0 Å². The average molecular weight is 305 g/mol. The predicted molar refractivity (Wildman–Crippen MR) is 79.4 cm³/mol. The van der Waals surface area contributed by atoms with E-state index in [0.29, 0.717) is 17.2 Å². The standard InChI is InChI=1S/C14H15N3O3S/c1-9-10(5-6-14(19)20)21-13(16-9)8-12(18)17-11-4-2-3-7-15-11/h2-4,7H,5-6,8H2,1H3,(H,19,20)(H,15,17,18). The maximum absolute atomic E-state index is 11.9. The molecule has 2 aromatic heterocycles. The van der Waals surface area contributed by atoms with Gasteiger partial charge in [0.05, 0.1) is 18.5 Å². The number of carbonyl (C=O) groups is 2. The van der Waals surface area contributed by atoms with E-state index >= 15 is 0 Å². The second-order valence-corrected chi connectivity index (χ2v) is 5.62. The van der Waals surface area contributed by atoms with Crippen LogP contribution < -0.4 is 5.32 Å². The van der Waals surface area contributed by atoms with Crippen LogP contribution in [0.2, 0.25) is 0 Å². The molecule has 0 aliphatic carbocycles. The normalized spacial score (nSPS) is 10.3. The van der Waals surface area contributed by atoms with Crippen molar-refractivity contribution >= 4 is 29.0 Å². The molecule has 2 N–H and O–H groups in total. The smallest absolute Gasteiger partial charge is 0.303 e. The summed E-state index contributed by atoms with van der Waals surface area (Å²) in [5.41, 5.74) is 0.793. The van der Waals surface area contributed by atoms with Crippen LogP contribution in [0, 0.1) is 6.92 Å². The zero-order valence-electron chi connectivity index (χ0n) is 11.5. The van der Waals surface area contributed by atoms with Gasteiger partial charge in [0.2, 0.25) is 5.91 Å². The Morgan fingerprint density at radius 2 is 2.19 bits per heavy atom. The number of amides is 1. The number of carboxylic acids is 1. The zero-order valence-corrected chi connectivity index (χ0v) is 12.3. The Morgan fingerprint density at radius 1 is 1.38 bits per heavy atom. The minimum atomic E-state index is -0.836. The minimum absolute atomic E-state index is 0.0720. The van der Waals surface area contributed by atoms with E-state index in [2.05, 4.69) is 15.3 Å². The first-order chi connectivity index (χ1) is 10.0. The van der Waals surface area contributed by atoms with Gasteiger partial charge < -0.3 is 10.4 Å². The topological polar surface area (TPSA) is 92.2 Å². The molecule has 0 aliphatic rings. The fourth-order valence-electron chi connectivity index (χ4n) is 1.78. The molecule has 7 heteroatoms. The van der Waals surface area contributed by atoms with Crippen LogP contribution in [0.25, 0.3) is 0 Å². The monoisotopic (exact) mass is 305 g/mol. The van der Waals surface area contributed by atoms with Gasteiger partial charge in [-0.25, -0.2) is 9.97 Å². The Bertz CT molecular complexity index is 640. The lowest BCUT2D eigenvalue weighted by molar-refractivity contribution is -0.136. The van der Waals surface area contributed by atoms with Crippen molar-refractivity contribution in [2.75, 3.05) is 5.32 Å². The molecule has 0 aromatic carbocycles. The molecule has 110 valence electrons. The number of pyridine rings is 1. The molecule has 1 amide bonds. The Labute approximate surface area is 125 Å². The van der Waals surface area contributed by atoms with Crippen LogP contribution in [0.3, 0.4) is 0 Å². The first-order valence-corrected chi connectivity index (χ1v) is 7.24. The number of aromatic nitrogens is 2. The highest BCUT2D eigenvalue weighted by Gasteiger charge is 2.12. The van der Waals surface area contributed by atoms with Crippen LogP contribution in [0.15, 0.2) is 24.4 Å². The Hall–Kier alpha value is -2.28. The lowest BCUT2D eigenvalue weighted by Crippen LogP contribution is -2.15. The fourth-order valence-corrected chi connectivity index (χ4v) is 2.85. The van der Waals surface area contributed by atoms with Gasteiger partial charge in [-0.15, -0.1) is 11.3 Å². The van der Waals surface area contributed by atoms with Crippen molar-refractivity contribution < 1.29 is 14.7 Å². The SMILES string of the molecule is Cc1nc(CC(=O)Nc2ccccn2)sc1CCC(=O)O. The van der Waals surface area contributed by atoms with Gasteiger partial charge in [-0.3, -0.25) is 9.59 Å². The number of nitrogens with one attached hydrogen (secondary N) is 1. The molecule has 6 nitrogen and oxygen atoms in total. The van der Waals surface area contributed by atoms with E-state index in [4.69, 9.17) is 5.11 Å². The third-order valence-electron chi connectivity index (χ3n) is 2.75. The summed E-state index contributed by atoms with van der Waals surface area (Å²) in [4.78, 5) is 31.7. The summed E-state index contributed by atoms with van der Waals surface area (Å²) in [6.07, 6.45) is 2.28. The van der Waals surface area contributed by atoms with Crippen molar-refractivity contribution in [2.45, 2.75) is 26.2 Å². The quantitative estimate of drug-likeness (QED) is 0.852. The molecule has 2 aromatic rings. The summed E-state index contributed by atoms with van der Waals surface area (Å²) in [7, 11) is 0. The number of aryl methyl sites for hydroxylation is 2. The highest BCUT2D eigenvalue weighted by molar-refractivity contribution is 7.11. The van der Waals surface area contributed by atoms with Crippen molar-refractivity contribution in [3.8, 4) is 0 Å². The Kier molecular flexibility index (Phi) is 4.99. The number of hydrogen-bond acceptors (Lipinski definition) is 5. The summed E-state index contributed by atoms with van der Waals surface area (Å²) >= 11 is 1.38. The number of rotatable bonds is 6. The van der Waals surface area contributed by atoms with Gasteiger partial charge in [0.25, 0.3) is 0 Å². The second kappa shape index (κ2) is 6.94. The lowest BCUT2D eigenvalue weighted by Gasteiger charge is -2.01. The molecule has 21 heavy (non-hydrogen) atoms. The van der Waals surface area contributed by atoms with E-state index in [-0.39, 0.29) is 18.7 Å². The van der Waals surface area contributed by atoms with Gasteiger partial charge in [-0.2, -0.15) is 0 Å². The van der Waals surface area contributed by atoms with Gasteiger partial charge >= 0.3 is 5.97 Å². The number of thiazole rings is 1. The molecule has 0 fully saturated rings. The third-order valence-corrected chi connectivity index (χ3v) is 3.96. The maximum Gasteiger partial charge on any atom is 0.303 e. The van der Waals surface area contributed by atoms with E-state index in [1.54, 1.807) is 24.4 Å². The number of hydrogen-bond donors (Lipinski definition) is 2. The van der Waals surface area contributed by atoms with Gasteiger partial charge in [-0.1, -0.05) is 6.07 Å². The second-order valence-electron chi connectivity index (χ2n) is 4.45. The number of carbonyl (C=O) groups excluding carboxylic acids is 1. The van der Waals surface area contributed by atoms with Crippen molar-refractivity contribution in [1.29, 1.82) is 0 Å². The van der Waals surface area contributed by atoms with Gasteiger partial charge in [-0.05, 0) is 25.5 Å². The molecule has 0 radical (unpaired) electrons. The minimum Gasteiger partial charge on any atom is -0.481 e. The highest BCUT2D eigenvalue weighted by atomic mass is 32.1. The summed E-state index contributed by atoms with van der Waals surface area (Å²) in [6, 6.07) is 5.28.